The number of rotatable bonds is 6. The van der Waals surface area contributed by atoms with Gasteiger partial charge < -0.3 is 0 Å². The molecular formula is C25H30N4O3S2. The van der Waals surface area contributed by atoms with Crippen molar-refractivity contribution in [2.24, 2.45) is 0 Å². The number of para-hydroxylation sites is 1. The molecule has 2 aliphatic heterocycles. The number of carbonyl (C=O) groups excluding carboxylic acids is 1. The molecule has 0 aliphatic carbocycles. The summed E-state index contributed by atoms with van der Waals surface area (Å²) < 4.78 is 24.8. The maximum absolute atomic E-state index is 13.6. The second-order valence-corrected chi connectivity index (χ2v) is 12.5. The molecule has 1 aromatic heterocycles. The minimum atomic E-state index is -2.89. The fourth-order valence-electron chi connectivity index (χ4n) is 4.85. The highest BCUT2D eigenvalue weighted by Gasteiger charge is 2.34. The number of piperazine rings is 1. The van der Waals surface area contributed by atoms with Gasteiger partial charge in [0.2, 0.25) is 5.91 Å². The van der Waals surface area contributed by atoms with Crippen LogP contribution in [0.2, 0.25) is 0 Å². The van der Waals surface area contributed by atoms with Gasteiger partial charge in [-0.3, -0.25) is 19.5 Å². The lowest BCUT2D eigenvalue weighted by Gasteiger charge is -2.37. The summed E-state index contributed by atoms with van der Waals surface area (Å²) in [4.78, 5) is 24.7. The van der Waals surface area contributed by atoms with E-state index in [9.17, 15) is 13.2 Å². The van der Waals surface area contributed by atoms with Gasteiger partial charge in [-0.1, -0.05) is 53.8 Å². The summed E-state index contributed by atoms with van der Waals surface area (Å²) in [5.74, 6) is 0.609. The highest BCUT2D eigenvalue weighted by Crippen LogP contribution is 2.31. The average Bonchev–Trinajstić information content (AvgIpc) is 3.42. The Morgan fingerprint density at radius 3 is 2.53 bits per heavy atom. The number of fused-ring (bicyclic) bond motifs is 1. The molecule has 0 saturated carbocycles. The molecule has 0 spiro atoms. The van der Waals surface area contributed by atoms with Gasteiger partial charge in [0, 0.05) is 32.2 Å². The second-order valence-electron chi connectivity index (χ2n) is 9.25. The fraction of sp³-hybridized carbons (Fsp3) is 0.440. The van der Waals surface area contributed by atoms with E-state index in [1.807, 2.05) is 54.3 Å². The number of thiazole rings is 1. The highest BCUT2D eigenvalue weighted by atomic mass is 32.2. The van der Waals surface area contributed by atoms with E-state index in [-0.39, 0.29) is 17.7 Å². The molecule has 5 rings (SSSR count). The molecule has 9 heteroatoms. The number of amides is 1. The lowest BCUT2D eigenvalue weighted by atomic mass is 10.2. The number of hydrogen-bond donors (Lipinski definition) is 0. The Kier molecular flexibility index (Phi) is 6.70. The molecule has 2 aliphatic rings. The van der Waals surface area contributed by atoms with Gasteiger partial charge in [0.1, 0.15) is 0 Å². The number of sulfone groups is 1. The Morgan fingerprint density at radius 2 is 1.85 bits per heavy atom. The van der Waals surface area contributed by atoms with Crippen LogP contribution in [0.4, 0.5) is 5.13 Å². The van der Waals surface area contributed by atoms with Gasteiger partial charge in [-0.15, -0.1) is 0 Å². The molecule has 0 N–H and O–H groups in total. The number of hydrogen-bond acceptors (Lipinski definition) is 7. The van der Waals surface area contributed by atoms with Crippen molar-refractivity contribution >= 4 is 42.4 Å². The van der Waals surface area contributed by atoms with Crippen molar-refractivity contribution in [3.8, 4) is 0 Å². The van der Waals surface area contributed by atoms with E-state index < -0.39 is 9.84 Å². The van der Waals surface area contributed by atoms with E-state index in [1.165, 1.54) is 0 Å². The van der Waals surface area contributed by atoms with E-state index in [0.717, 1.165) is 59.1 Å². The van der Waals surface area contributed by atoms with Gasteiger partial charge in [-0.25, -0.2) is 13.4 Å². The van der Waals surface area contributed by atoms with Gasteiger partial charge in [0.15, 0.2) is 15.0 Å². The standard InChI is InChI=1S/C25H30N4O3S2/c1-19-6-5-9-22-24(19)26-25(33-22)29(16-20-7-3-2-4-8-20)23(30)17-27-11-13-28(14-12-27)21-10-15-34(31,32)18-21/h2-9,21H,10-18H2,1H3/t21-/m1/s1. The quantitative estimate of drug-likeness (QED) is 0.520. The average molecular weight is 499 g/mol. The lowest BCUT2D eigenvalue weighted by Crippen LogP contribution is -2.53. The summed E-state index contributed by atoms with van der Waals surface area (Å²) in [6, 6.07) is 16.3. The van der Waals surface area contributed by atoms with Crippen LogP contribution in [-0.4, -0.2) is 79.4 Å². The molecule has 2 aromatic carbocycles. The maximum Gasteiger partial charge on any atom is 0.243 e. The molecule has 0 bridgehead atoms. The van der Waals surface area contributed by atoms with Crippen LogP contribution in [0, 0.1) is 6.92 Å². The van der Waals surface area contributed by atoms with E-state index in [0.29, 0.717) is 18.8 Å². The summed E-state index contributed by atoms with van der Waals surface area (Å²) >= 11 is 1.56. The number of aryl methyl sites for hydroxylation is 1. The molecule has 0 unspecified atom stereocenters. The van der Waals surface area contributed by atoms with Gasteiger partial charge in [0.05, 0.1) is 34.8 Å². The molecule has 3 heterocycles. The first-order valence-corrected chi connectivity index (χ1v) is 14.4. The van der Waals surface area contributed by atoms with Crippen LogP contribution in [0.3, 0.4) is 0 Å². The third-order valence-electron chi connectivity index (χ3n) is 6.82. The molecule has 1 atom stereocenters. The zero-order valence-corrected chi connectivity index (χ0v) is 21.0. The monoisotopic (exact) mass is 498 g/mol. The van der Waals surface area contributed by atoms with Crippen LogP contribution in [0.1, 0.15) is 17.5 Å². The third kappa shape index (κ3) is 5.17. The first-order chi connectivity index (χ1) is 16.4. The number of aromatic nitrogens is 1. The first kappa shape index (κ1) is 23.4. The summed E-state index contributed by atoms with van der Waals surface area (Å²) in [6.07, 6.45) is 0.725. The zero-order chi connectivity index (χ0) is 23.7. The fourth-order valence-corrected chi connectivity index (χ4v) is 7.67. The summed E-state index contributed by atoms with van der Waals surface area (Å²) in [5, 5.41) is 0.730. The SMILES string of the molecule is Cc1cccc2sc(N(Cc3ccccc3)C(=O)CN3CCN([C@@H]4CCS(=O)(=O)C4)CC3)nc12. The second kappa shape index (κ2) is 9.73. The van der Waals surface area contributed by atoms with Gasteiger partial charge >= 0.3 is 0 Å². The Labute approximate surface area is 204 Å². The van der Waals surface area contributed by atoms with Crippen molar-refractivity contribution in [1.82, 2.24) is 14.8 Å². The molecule has 2 fully saturated rings. The zero-order valence-electron chi connectivity index (χ0n) is 19.4. The minimum Gasteiger partial charge on any atom is -0.297 e. The van der Waals surface area contributed by atoms with Crippen molar-refractivity contribution < 1.29 is 13.2 Å². The molecule has 3 aromatic rings. The predicted molar refractivity (Wildman–Crippen MR) is 137 cm³/mol. The molecule has 0 radical (unpaired) electrons. The number of anilines is 1. The molecule has 1 amide bonds. The van der Waals surface area contributed by atoms with E-state index in [4.69, 9.17) is 4.98 Å². The van der Waals surface area contributed by atoms with Crippen LogP contribution in [0.25, 0.3) is 10.2 Å². The smallest absolute Gasteiger partial charge is 0.243 e. The van der Waals surface area contributed by atoms with Gasteiger partial charge in [0.25, 0.3) is 0 Å². The van der Waals surface area contributed by atoms with Crippen LogP contribution in [0.15, 0.2) is 48.5 Å². The van der Waals surface area contributed by atoms with Crippen molar-refractivity contribution in [2.45, 2.75) is 25.9 Å². The normalized spacial score (nSPS) is 21.1. The topological polar surface area (TPSA) is 73.8 Å². The minimum absolute atomic E-state index is 0.0393. The van der Waals surface area contributed by atoms with Crippen molar-refractivity contribution in [2.75, 3.05) is 49.1 Å². The van der Waals surface area contributed by atoms with Gasteiger partial charge in [-0.05, 0) is 30.5 Å². The Balaban J connectivity index is 1.29. The molecule has 2 saturated heterocycles. The van der Waals surface area contributed by atoms with Crippen molar-refractivity contribution in [1.29, 1.82) is 0 Å². The van der Waals surface area contributed by atoms with Crippen LogP contribution >= 0.6 is 11.3 Å². The summed E-state index contributed by atoms with van der Waals surface area (Å²) in [7, 11) is -2.89. The first-order valence-electron chi connectivity index (χ1n) is 11.8. The van der Waals surface area contributed by atoms with Crippen molar-refractivity contribution in [3.05, 3.63) is 59.7 Å². The summed E-state index contributed by atoms with van der Waals surface area (Å²) in [5.41, 5.74) is 3.13. The van der Waals surface area contributed by atoms with Crippen molar-refractivity contribution in [3.63, 3.8) is 0 Å². The summed E-state index contributed by atoms with van der Waals surface area (Å²) in [6.45, 7) is 5.99. The maximum atomic E-state index is 13.6. The number of nitrogens with zero attached hydrogens (tertiary/aromatic N) is 4. The Hall–Kier alpha value is -2.33. The lowest BCUT2D eigenvalue weighted by molar-refractivity contribution is -0.120. The number of carbonyl (C=O) groups is 1. The third-order valence-corrected chi connectivity index (χ3v) is 9.61. The predicted octanol–water partition coefficient (Wildman–Crippen LogP) is 2.94. The molecular weight excluding hydrogens is 468 g/mol. The largest absolute Gasteiger partial charge is 0.297 e. The van der Waals surface area contributed by atoms with Gasteiger partial charge in [-0.2, -0.15) is 0 Å². The van der Waals surface area contributed by atoms with E-state index >= 15 is 0 Å². The Bertz CT molecular complexity index is 1270. The van der Waals surface area contributed by atoms with Crippen LogP contribution < -0.4 is 4.90 Å². The van der Waals surface area contributed by atoms with E-state index in [2.05, 4.69) is 15.9 Å². The highest BCUT2D eigenvalue weighted by molar-refractivity contribution is 7.91. The molecule has 7 nitrogen and oxygen atoms in total. The Morgan fingerprint density at radius 1 is 1.09 bits per heavy atom. The van der Waals surface area contributed by atoms with E-state index in [1.54, 1.807) is 11.3 Å². The molecule has 34 heavy (non-hydrogen) atoms. The van der Waals surface area contributed by atoms with Crippen LogP contribution in [-0.2, 0) is 21.2 Å². The molecule has 180 valence electrons. The van der Waals surface area contributed by atoms with Crippen LogP contribution in [0.5, 0.6) is 0 Å². The number of benzene rings is 2.